The van der Waals surface area contributed by atoms with E-state index in [-0.39, 0.29) is 6.10 Å². The molecule has 1 aromatic heterocycles. The number of benzene rings is 1. The minimum Gasteiger partial charge on any atom is -0.398 e. The number of aliphatic hydroxyl groups excluding tert-OH is 1. The van der Waals surface area contributed by atoms with Crippen LogP contribution in [-0.2, 0) is 0 Å². The first-order valence-corrected chi connectivity index (χ1v) is 6.31. The maximum absolute atomic E-state index is 9.57. The lowest BCUT2D eigenvalue weighted by atomic mass is 10.0. The van der Waals surface area contributed by atoms with Gasteiger partial charge in [0.2, 0.25) is 0 Å². The summed E-state index contributed by atoms with van der Waals surface area (Å²) in [4.78, 5) is 6.45. The highest BCUT2D eigenvalue weighted by Crippen LogP contribution is 2.31. The largest absolute Gasteiger partial charge is 0.398 e. The summed E-state index contributed by atoms with van der Waals surface area (Å²) in [6, 6.07) is 6.01. The highest BCUT2D eigenvalue weighted by atomic mass is 16.3. The SMILES string of the molecule is Nc1ccc(N2CCC(O)CC2)c2ccncc12. The summed E-state index contributed by atoms with van der Waals surface area (Å²) in [5.41, 5.74) is 7.93. The average Bonchev–Trinajstić information content (AvgIpc) is 2.41. The fourth-order valence-electron chi connectivity index (χ4n) is 2.58. The van der Waals surface area contributed by atoms with Gasteiger partial charge in [-0.05, 0) is 31.0 Å². The molecule has 3 rings (SSSR count). The first kappa shape index (κ1) is 11.3. The number of fused-ring (bicyclic) bond motifs is 1. The lowest BCUT2D eigenvalue weighted by Crippen LogP contribution is -2.35. The number of nitrogen functional groups attached to an aromatic ring is 1. The second-order valence-corrected chi connectivity index (χ2v) is 4.81. The number of hydrogen-bond acceptors (Lipinski definition) is 4. The van der Waals surface area contributed by atoms with Crippen LogP contribution < -0.4 is 10.6 Å². The van der Waals surface area contributed by atoms with Crippen LogP contribution in [0, 0.1) is 0 Å². The predicted octanol–water partition coefficient (Wildman–Crippen LogP) is 1.78. The number of aromatic nitrogens is 1. The molecule has 4 nitrogen and oxygen atoms in total. The molecule has 0 amide bonds. The maximum Gasteiger partial charge on any atom is 0.0574 e. The quantitative estimate of drug-likeness (QED) is 0.749. The number of hydrogen-bond donors (Lipinski definition) is 2. The van der Waals surface area contributed by atoms with Crippen molar-refractivity contribution < 1.29 is 5.11 Å². The van der Waals surface area contributed by atoms with E-state index in [1.165, 1.54) is 5.69 Å². The summed E-state index contributed by atoms with van der Waals surface area (Å²) in [6.45, 7) is 1.78. The van der Waals surface area contributed by atoms with Crippen LogP contribution >= 0.6 is 0 Å². The van der Waals surface area contributed by atoms with Crippen LogP contribution in [-0.4, -0.2) is 29.3 Å². The molecule has 0 aliphatic carbocycles. The Kier molecular flexibility index (Phi) is 2.80. The highest BCUT2D eigenvalue weighted by molar-refractivity contribution is 6.00. The van der Waals surface area contributed by atoms with E-state index in [4.69, 9.17) is 5.73 Å². The molecule has 0 atom stereocenters. The molecular weight excluding hydrogens is 226 g/mol. The number of nitrogens with two attached hydrogens (primary N) is 1. The lowest BCUT2D eigenvalue weighted by molar-refractivity contribution is 0.145. The van der Waals surface area contributed by atoms with Gasteiger partial charge in [0.15, 0.2) is 0 Å². The van der Waals surface area contributed by atoms with Crippen molar-refractivity contribution in [3.8, 4) is 0 Å². The van der Waals surface area contributed by atoms with Crippen LogP contribution in [0.15, 0.2) is 30.6 Å². The van der Waals surface area contributed by atoms with Crippen LogP contribution in [0.5, 0.6) is 0 Å². The third-order valence-electron chi connectivity index (χ3n) is 3.63. The van der Waals surface area contributed by atoms with Crippen molar-refractivity contribution in [2.45, 2.75) is 18.9 Å². The third kappa shape index (κ3) is 1.88. The fraction of sp³-hybridized carbons (Fsp3) is 0.357. The van der Waals surface area contributed by atoms with Crippen molar-refractivity contribution in [3.05, 3.63) is 30.6 Å². The third-order valence-corrected chi connectivity index (χ3v) is 3.63. The van der Waals surface area contributed by atoms with E-state index in [1.54, 1.807) is 6.20 Å². The Labute approximate surface area is 106 Å². The van der Waals surface area contributed by atoms with Gasteiger partial charge in [-0.2, -0.15) is 0 Å². The number of rotatable bonds is 1. The molecule has 1 aliphatic heterocycles. The average molecular weight is 243 g/mol. The van der Waals surface area contributed by atoms with Crippen molar-refractivity contribution in [2.75, 3.05) is 23.7 Å². The number of aliphatic hydroxyl groups is 1. The van der Waals surface area contributed by atoms with E-state index in [2.05, 4.69) is 16.0 Å². The van der Waals surface area contributed by atoms with Crippen molar-refractivity contribution in [2.24, 2.45) is 0 Å². The number of pyridine rings is 1. The normalized spacial score (nSPS) is 17.3. The maximum atomic E-state index is 9.57. The molecule has 18 heavy (non-hydrogen) atoms. The molecule has 0 bridgehead atoms. The van der Waals surface area contributed by atoms with E-state index in [9.17, 15) is 5.11 Å². The minimum absolute atomic E-state index is 0.150. The lowest BCUT2D eigenvalue weighted by Gasteiger charge is -2.32. The molecule has 1 aromatic carbocycles. The van der Waals surface area contributed by atoms with Gasteiger partial charge >= 0.3 is 0 Å². The van der Waals surface area contributed by atoms with Crippen molar-refractivity contribution in [1.82, 2.24) is 4.98 Å². The smallest absolute Gasteiger partial charge is 0.0574 e. The van der Waals surface area contributed by atoms with E-state index < -0.39 is 0 Å². The molecule has 0 saturated carbocycles. The zero-order valence-electron chi connectivity index (χ0n) is 10.2. The second-order valence-electron chi connectivity index (χ2n) is 4.81. The molecular formula is C14H17N3O. The summed E-state index contributed by atoms with van der Waals surface area (Å²) in [6.07, 6.45) is 5.12. The van der Waals surface area contributed by atoms with Gasteiger partial charge in [-0.1, -0.05) is 0 Å². The molecule has 2 aromatic rings. The van der Waals surface area contributed by atoms with E-state index >= 15 is 0 Å². The Morgan fingerprint density at radius 2 is 1.94 bits per heavy atom. The standard InChI is InChI=1S/C14H17N3O/c15-13-1-2-14(11-3-6-16-9-12(11)13)17-7-4-10(18)5-8-17/h1-3,6,9-10,18H,4-5,7-8,15H2. The van der Waals surface area contributed by atoms with Gasteiger partial charge in [0.1, 0.15) is 0 Å². The van der Waals surface area contributed by atoms with Gasteiger partial charge in [-0.15, -0.1) is 0 Å². The van der Waals surface area contributed by atoms with Gasteiger partial charge in [0, 0.05) is 47.6 Å². The van der Waals surface area contributed by atoms with Crippen LogP contribution in [0.4, 0.5) is 11.4 Å². The Hall–Kier alpha value is -1.81. The molecule has 2 heterocycles. The molecule has 1 aliphatic rings. The van der Waals surface area contributed by atoms with Crippen molar-refractivity contribution >= 4 is 22.1 Å². The fourth-order valence-corrected chi connectivity index (χ4v) is 2.58. The van der Waals surface area contributed by atoms with Gasteiger partial charge in [-0.25, -0.2) is 0 Å². The second kappa shape index (κ2) is 4.46. The zero-order chi connectivity index (χ0) is 12.5. The molecule has 1 saturated heterocycles. The van der Waals surface area contributed by atoms with E-state index in [0.717, 1.165) is 42.4 Å². The van der Waals surface area contributed by atoms with Crippen molar-refractivity contribution in [1.29, 1.82) is 0 Å². The van der Waals surface area contributed by atoms with Crippen LogP contribution in [0.25, 0.3) is 10.8 Å². The molecule has 0 radical (unpaired) electrons. The summed E-state index contributed by atoms with van der Waals surface area (Å²) >= 11 is 0. The topological polar surface area (TPSA) is 62.4 Å². The van der Waals surface area contributed by atoms with E-state index in [0.29, 0.717) is 0 Å². The number of anilines is 2. The van der Waals surface area contributed by atoms with Gasteiger partial charge in [-0.3, -0.25) is 4.98 Å². The van der Waals surface area contributed by atoms with Crippen LogP contribution in [0.1, 0.15) is 12.8 Å². The Balaban J connectivity index is 2.04. The zero-order valence-corrected chi connectivity index (χ0v) is 10.2. The Morgan fingerprint density at radius 1 is 1.17 bits per heavy atom. The van der Waals surface area contributed by atoms with Crippen molar-refractivity contribution in [3.63, 3.8) is 0 Å². The van der Waals surface area contributed by atoms with E-state index in [1.807, 2.05) is 18.3 Å². The minimum atomic E-state index is -0.150. The van der Waals surface area contributed by atoms with Gasteiger partial charge in [0.05, 0.1) is 6.10 Å². The monoisotopic (exact) mass is 243 g/mol. The molecule has 3 N–H and O–H groups in total. The summed E-state index contributed by atoms with van der Waals surface area (Å²) in [7, 11) is 0. The van der Waals surface area contributed by atoms with Gasteiger partial charge in [0.25, 0.3) is 0 Å². The van der Waals surface area contributed by atoms with Gasteiger partial charge < -0.3 is 15.7 Å². The Bertz CT molecular complexity index is 562. The molecule has 4 heteroatoms. The highest BCUT2D eigenvalue weighted by Gasteiger charge is 2.19. The molecule has 0 spiro atoms. The molecule has 1 fully saturated rings. The summed E-state index contributed by atoms with van der Waals surface area (Å²) < 4.78 is 0. The molecule has 0 unspecified atom stereocenters. The molecule has 94 valence electrons. The predicted molar refractivity (Wildman–Crippen MR) is 73.6 cm³/mol. The summed E-state index contributed by atoms with van der Waals surface area (Å²) in [5.74, 6) is 0. The Morgan fingerprint density at radius 3 is 2.72 bits per heavy atom. The first-order chi connectivity index (χ1) is 8.75. The van der Waals surface area contributed by atoms with Crippen LogP contribution in [0.3, 0.4) is 0 Å². The summed E-state index contributed by atoms with van der Waals surface area (Å²) in [5, 5.41) is 11.7. The number of piperidine rings is 1. The van der Waals surface area contributed by atoms with Crippen LogP contribution in [0.2, 0.25) is 0 Å². The number of nitrogens with zero attached hydrogens (tertiary/aromatic N) is 2. The first-order valence-electron chi connectivity index (χ1n) is 6.31.